The molecule has 0 amide bonds. The van der Waals surface area contributed by atoms with E-state index in [0.29, 0.717) is 5.75 Å². The monoisotopic (exact) mass is 364 g/mol. The fraction of sp³-hybridized carbons (Fsp3) is 0.316. The predicted octanol–water partition coefficient (Wildman–Crippen LogP) is 5.02. The van der Waals surface area contributed by atoms with Crippen molar-refractivity contribution in [3.05, 3.63) is 64.7 Å². The number of carbonyl (C=O) groups excluding carboxylic acids is 1. The van der Waals surface area contributed by atoms with Crippen LogP contribution in [0, 0.1) is 0 Å². The zero-order chi connectivity index (χ0) is 17.4. The first kappa shape index (κ1) is 18.7. The molecule has 0 saturated carbocycles. The second kappa shape index (κ2) is 9.60. The highest BCUT2D eigenvalue weighted by Crippen LogP contribution is 2.34. The Morgan fingerprint density at radius 3 is 2.46 bits per heavy atom. The number of phenols is 1. The van der Waals surface area contributed by atoms with Crippen LogP contribution in [0.1, 0.15) is 29.2 Å². The molecule has 0 fully saturated rings. The summed E-state index contributed by atoms with van der Waals surface area (Å²) in [4.78, 5) is 11.4. The van der Waals surface area contributed by atoms with E-state index in [1.807, 2.05) is 36.4 Å². The molecule has 2 rings (SSSR count). The lowest BCUT2D eigenvalue weighted by Gasteiger charge is -2.17. The van der Waals surface area contributed by atoms with E-state index in [2.05, 4.69) is 0 Å². The molecular formula is C19H21ClO3S. The van der Waals surface area contributed by atoms with Gasteiger partial charge in [-0.15, -0.1) is 11.8 Å². The third kappa shape index (κ3) is 6.10. The highest BCUT2D eigenvalue weighted by atomic mass is 35.5. The van der Waals surface area contributed by atoms with E-state index in [0.717, 1.165) is 29.8 Å². The van der Waals surface area contributed by atoms with Crippen LogP contribution >= 0.6 is 23.4 Å². The lowest BCUT2D eigenvalue weighted by Crippen LogP contribution is -2.06. The van der Waals surface area contributed by atoms with Crippen LogP contribution in [0.4, 0.5) is 0 Å². The van der Waals surface area contributed by atoms with E-state index in [-0.39, 0.29) is 17.0 Å². The van der Waals surface area contributed by atoms with Gasteiger partial charge in [-0.05, 0) is 54.7 Å². The van der Waals surface area contributed by atoms with Gasteiger partial charge in [0.25, 0.3) is 0 Å². The molecular weight excluding hydrogens is 344 g/mol. The number of hydrogen-bond donors (Lipinski definition) is 1. The molecule has 128 valence electrons. The van der Waals surface area contributed by atoms with Gasteiger partial charge >= 0.3 is 5.97 Å². The minimum Gasteiger partial charge on any atom is -0.508 e. The molecule has 0 aliphatic rings. The van der Waals surface area contributed by atoms with Crippen molar-refractivity contribution in [2.45, 2.75) is 24.5 Å². The second-order valence-electron chi connectivity index (χ2n) is 5.49. The number of phenolic OH excluding ortho intramolecular Hbond substituents is 1. The van der Waals surface area contributed by atoms with Crippen molar-refractivity contribution in [3.63, 3.8) is 0 Å². The summed E-state index contributed by atoms with van der Waals surface area (Å²) in [5, 5.41) is 10.4. The number of methoxy groups -OCH3 is 1. The fourth-order valence-electron chi connectivity index (χ4n) is 2.41. The lowest BCUT2D eigenvalue weighted by molar-refractivity contribution is -0.137. The summed E-state index contributed by atoms with van der Waals surface area (Å²) in [5.41, 5.74) is 2.36. The molecule has 2 aromatic rings. The third-order valence-corrected chi connectivity index (χ3v) is 5.30. The molecule has 3 nitrogen and oxygen atoms in total. The summed E-state index contributed by atoms with van der Waals surface area (Å²) in [6.07, 6.45) is 2.90. The number of aromatic hydroxyl groups is 1. The highest BCUT2D eigenvalue weighted by molar-refractivity contribution is 8.00. The summed E-state index contributed by atoms with van der Waals surface area (Å²) < 4.78 is 4.73. The third-order valence-electron chi connectivity index (χ3n) is 3.74. The highest BCUT2D eigenvalue weighted by Gasteiger charge is 2.14. The van der Waals surface area contributed by atoms with Crippen LogP contribution in [0.25, 0.3) is 0 Å². The van der Waals surface area contributed by atoms with Gasteiger partial charge in [0.05, 0.1) is 12.9 Å². The number of halogens is 1. The van der Waals surface area contributed by atoms with Gasteiger partial charge in [-0.2, -0.15) is 0 Å². The summed E-state index contributed by atoms with van der Waals surface area (Å²) in [5.74, 6) is 0.348. The Hall–Kier alpha value is -1.65. The topological polar surface area (TPSA) is 46.5 Å². The Balaban J connectivity index is 1.95. The molecule has 0 bridgehead atoms. The van der Waals surface area contributed by atoms with Gasteiger partial charge < -0.3 is 9.84 Å². The van der Waals surface area contributed by atoms with E-state index < -0.39 is 0 Å². The number of carbonyl (C=O) groups is 1. The van der Waals surface area contributed by atoms with Crippen LogP contribution in [0.2, 0.25) is 5.02 Å². The van der Waals surface area contributed by atoms with Gasteiger partial charge in [0, 0.05) is 10.3 Å². The predicted molar refractivity (Wildman–Crippen MR) is 99.7 cm³/mol. The van der Waals surface area contributed by atoms with E-state index in [1.165, 1.54) is 12.7 Å². The number of ether oxygens (including phenoxy) is 1. The molecule has 0 saturated heterocycles. The second-order valence-corrected chi connectivity index (χ2v) is 7.11. The van der Waals surface area contributed by atoms with E-state index in [1.54, 1.807) is 23.9 Å². The average Bonchev–Trinajstić information content (AvgIpc) is 2.60. The summed E-state index contributed by atoms with van der Waals surface area (Å²) >= 11 is 7.48. The first-order chi connectivity index (χ1) is 11.6. The quantitative estimate of drug-likeness (QED) is 0.668. The van der Waals surface area contributed by atoms with Crippen LogP contribution < -0.4 is 0 Å². The van der Waals surface area contributed by atoms with Crippen LogP contribution in [0.15, 0.2) is 48.5 Å². The van der Waals surface area contributed by atoms with E-state index >= 15 is 0 Å². The smallest absolute Gasteiger partial charge is 0.315 e. The normalized spacial score (nSPS) is 11.9. The van der Waals surface area contributed by atoms with Crippen molar-refractivity contribution >= 4 is 29.3 Å². The maximum Gasteiger partial charge on any atom is 0.315 e. The largest absolute Gasteiger partial charge is 0.508 e. The number of hydrogen-bond acceptors (Lipinski definition) is 4. The van der Waals surface area contributed by atoms with Crippen molar-refractivity contribution in [1.82, 2.24) is 0 Å². The van der Waals surface area contributed by atoms with Gasteiger partial charge in [-0.1, -0.05) is 35.9 Å². The summed E-state index contributed by atoms with van der Waals surface area (Å²) in [6.45, 7) is 0. The zero-order valence-electron chi connectivity index (χ0n) is 13.6. The Kier molecular flexibility index (Phi) is 7.47. The van der Waals surface area contributed by atoms with Gasteiger partial charge in [0.2, 0.25) is 0 Å². The van der Waals surface area contributed by atoms with Gasteiger partial charge in [-0.3, -0.25) is 4.79 Å². The maximum atomic E-state index is 11.4. The first-order valence-electron chi connectivity index (χ1n) is 7.80. The summed E-state index contributed by atoms with van der Waals surface area (Å²) in [6, 6.07) is 15.1. The molecule has 24 heavy (non-hydrogen) atoms. The number of aryl methyl sites for hydroxylation is 1. The fourth-order valence-corrected chi connectivity index (χ4v) is 3.67. The number of rotatable bonds is 8. The molecule has 0 heterocycles. The Morgan fingerprint density at radius 2 is 1.83 bits per heavy atom. The number of esters is 1. The average molecular weight is 365 g/mol. The maximum absolute atomic E-state index is 11.4. The number of benzene rings is 2. The first-order valence-corrected chi connectivity index (χ1v) is 9.23. The van der Waals surface area contributed by atoms with Crippen LogP contribution in [0.5, 0.6) is 5.75 Å². The zero-order valence-corrected chi connectivity index (χ0v) is 15.1. The molecule has 1 N–H and O–H groups in total. The molecule has 2 aromatic carbocycles. The molecule has 1 atom stereocenters. The van der Waals surface area contributed by atoms with Gasteiger partial charge in [0.1, 0.15) is 5.75 Å². The molecule has 0 aliphatic carbocycles. The van der Waals surface area contributed by atoms with Crippen molar-refractivity contribution in [3.8, 4) is 5.75 Å². The van der Waals surface area contributed by atoms with Crippen molar-refractivity contribution in [1.29, 1.82) is 0 Å². The molecule has 0 aromatic heterocycles. The standard InChI is InChI=1S/C19H21ClO3S/c1-23-19(22)13-24-18(15-7-11-17(21)12-8-15)4-2-3-14-5-9-16(20)10-6-14/h5-12,18,21H,2-4,13H2,1H3. The Morgan fingerprint density at radius 1 is 1.17 bits per heavy atom. The van der Waals surface area contributed by atoms with E-state index in [4.69, 9.17) is 16.3 Å². The van der Waals surface area contributed by atoms with Crippen LogP contribution in [-0.4, -0.2) is 23.9 Å². The summed E-state index contributed by atoms with van der Waals surface area (Å²) in [7, 11) is 1.40. The van der Waals surface area contributed by atoms with Crippen LogP contribution in [0.3, 0.4) is 0 Å². The molecule has 0 aliphatic heterocycles. The minimum atomic E-state index is -0.221. The van der Waals surface area contributed by atoms with Crippen molar-refractivity contribution < 1.29 is 14.6 Å². The van der Waals surface area contributed by atoms with Gasteiger partial charge in [-0.25, -0.2) is 0 Å². The molecule has 1 unspecified atom stereocenters. The SMILES string of the molecule is COC(=O)CSC(CCCc1ccc(Cl)cc1)c1ccc(O)cc1. The number of thioether (sulfide) groups is 1. The molecule has 0 spiro atoms. The van der Waals surface area contributed by atoms with Crippen molar-refractivity contribution in [2.24, 2.45) is 0 Å². The van der Waals surface area contributed by atoms with Crippen molar-refractivity contribution in [2.75, 3.05) is 12.9 Å². The minimum absolute atomic E-state index is 0.192. The lowest BCUT2D eigenvalue weighted by atomic mass is 10.0. The van der Waals surface area contributed by atoms with E-state index in [9.17, 15) is 9.90 Å². The Bertz CT molecular complexity index is 641. The van der Waals surface area contributed by atoms with Crippen LogP contribution in [-0.2, 0) is 16.0 Å². The molecule has 5 heteroatoms. The molecule has 0 radical (unpaired) electrons. The van der Waals surface area contributed by atoms with Gasteiger partial charge in [0.15, 0.2) is 0 Å². The Labute approximate surface area is 152 Å².